The summed E-state index contributed by atoms with van der Waals surface area (Å²) in [5, 5.41) is 33.0. The Hall–Kier alpha value is -1.55. The number of nitrogens with zero attached hydrogens (tertiary/aromatic N) is 4. The zero-order chi connectivity index (χ0) is 18.2. The van der Waals surface area contributed by atoms with Crippen LogP contribution in [0.25, 0.3) is 0 Å². The highest BCUT2D eigenvalue weighted by Gasteiger charge is 2.43. The molecule has 2 rings (SSSR count). The predicted molar refractivity (Wildman–Crippen MR) is 92.0 cm³/mol. The van der Waals surface area contributed by atoms with Crippen LogP contribution in [0.3, 0.4) is 0 Å². The van der Waals surface area contributed by atoms with Gasteiger partial charge in [0, 0.05) is 6.54 Å². The van der Waals surface area contributed by atoms with Crippen molar-refractivity contribution in [3.05, 3.63) is 12.2 Å². The van der Waals surface area contributed by atoms with Gasteiger partial charge < -0.3 is 25.8 Å². The van der Waals surface area contributed by atoms with Crippen molar-refractivity contribution < 1.29 is 20.1 Å². The molecule has 0 spiro atoms. The topological polar surface area (TPSA) is 139 Å². The van der Waals surface area contributed by atoms with Gasteiger partial charge in [0.25, 0.3) is 0 Å². The van der Waals surface area contributed by atoms with Crippen molar-refractivity contribution in [3.63, 3.8) is 0 Å². The van der Waals surface area contributed by atoms with Gasteiger partial charge in [0.15, 0.2) is 12.1 Å². The summed E-state index contributed by atoms with van der Waals surface area (Å²) in [6, 6.07) is 0. The average Bonchev–Trinajstić information content (AvgIpc) is 3.20. The lowest BCUT2D eigenvalue weighted by Gasteiger charge is -2.13. The summed E-state index contributed by atoms with van der Waals surface area (Å²) in [7, 11) is 0. The lowest BCUT2D eigenvalue weighted by Crippen LogP contribution is -2.33. The minimum Gasteiger partial charge on any atom is -0.394 e. The average molecular weight is 355 g/mol. The summed E-state index contributed by atoms with van der Waals surface area (Å²) >= 11 is 0. The van der Waals surface area contributed by atoms with Gasteiger partial charge in [0.2, 0.25) is 5.82 Å². The van der Waals surface area contributed by atoms with Gasteiger partial charge in [-0.05, 0) is 6.42 Å². The minimum absolute atomic E-state index is 0.235. The molecule has 4 atom stereocenters. The molecule has 0 saturated carbocycles. The molecule has 1 aromatic heterocycles. The predicted octanol–water partition coefficient (Wildman–Crippen LogP) is -0.0446. The fourth-order valence-corrected chi connectivity index (χ4v) is 2.78. The van der Waals surface area contributed by atoms with Crippen LogP contribution >= 0.6 is 0 Å². The van der Waals surface area contributed by atoms with Gasteiger partial charge in [-0.25, -0.2) is 9.67 Å². The van der Waals surface area contributed by atoms with Gasteiger partial charge in [-0.1, -0.05) is 39.0 Å². The third-order valence-electron chi connectivity index (χ3n) is 4.31. The van der Waals surface area contributed by atoms with Crippen molar-refractivity contribution in [2.75, 3.05) is 13.2 Å². The molecule has 0 amide bonds. The molecule has 0 aliphatic carbocycles. The van der Waals surface area contributed by atoms with Crippen LogP contribution in [0.1, 0.15) is 57.5 Å². The quantitative estimate of drug-likeness (QED) is 0.262. The molecule has 142 valence electrons. The molecule has 0 aromatic carbocycles. The van der Waals surface area contributed by atoms with Gasteiger partial charge in [-0.2, -0.15) is 0 Å². The fourth-order valence-electron chi connectivity index (χ4n) is 2.78. The Labute approximate surface area is 147 Å². The van der Waals surface area contributed by atoms with E-state index in [2.05, 4.69) is 22.0 Å². The summed E-state index contributed by atoms with van der Waals surface area (Å²) in [5.74, 6) is 0.489. The number of unbranched alkanes of at least 4 members (excludes halogenated alkanes) is 5. The second-order valence-electron chi connectivity index (χ2n) is 6.31. The van der Waals surface area contributed by atoms with Crippen LogP contribution in [-0.2, 0) is 4.74 Å². The van der Waals surface area contributed by atoms with E-state index in [1.807, 2.05) is 0 Å². The summed E-state index contributed by atoms with van der Waals surface area (Å²) in [6.45, 7) is 2.43. The first-order valence-electron chi connectivity index (χ1n) is 8.92. The first-order valence-corrected chi connectivity index (χ1v) is 8.92. The lowest BCUT2D eigenvalue weighted by molar-refractivity contribution is -0.0588. The first kappa shape index (κ1) is 19.8. The van der Waals surface area contributed by atoms with Gasteiger partial charge >= 0.3 is 0 Å². The Morgan fingerprint density at radius 1 is 1.24 bits per heavy atom. The van der Waals surface area contributed by atoms with E-state index in [0.29, 0.717) is 6.54 Å². The van der Waals surface area contributed by atoms with E-state index >= 15 is 0 Å². The number of ether oxygens (including phenoxy) is 1. The zero-order valence-corrected chi connectivity index (χ0v) is 14.7. The van der Waals surface area contributed by atoms with Crippen LogP contribution in [0.2, 0.25) is 0 Å². The fraction of sp³-hybridized carbons (Fsp3) is 0.812. The Morgan fingerprint density at radius 2 is 1.96 bits per heavy atom. The molecule has 1 fully saturated rings. The molecule has 9 heteroatoms. The Bertz CT molecular complexity index is 550. The molecular formula is C16H29N5O4. The molecule has 5 N–H and O–H groups in total. The molecule has 0 radical (unpaired) electrons. The van der Waals surface area contributed by atoms with Crippen LogP contribution in [0, 0.1) is 0 Å². The van der Waals surface area contributed by atoms with Gasteiger partial charge in [0.1, 0.15) is 24.6 Å². The van der Waals surface area contributed by atoms with Crippen LogP contribution in [0.5, 0.6) is 0 Å². The van der Waals surface area contributed by atoms with E-state index in [9.17, 15) is 10.2 Å². The summed E-state index contributed by atoms with van der Waals surface area (Å²) < 4.78 is 6.67. The second kappa shape index (κ2) is 9.81. The summed E-state index contributed by atoms with van der Waals surface area (Å²) in [5.41, 5.74) is 5.90. The number of nitrogens with two attached hydrogens (primary N) is 1. The molecular weight excluding hydrogens is 326 g/mol. The summed E-state index contributed by atoms with van der Waals surface area (Å²) in [6.07, 6.45) is 4.28. The SMILES string of the molecule is CCCCCCCCN=C(N)c1ncn([C@@H]2O[C@H](CO)[C@@H](O)[C@H]2O)n1. The maximum atomic E-state index is 9.99. The van der Waals surface area contributed by atoms with Crippen molar-refractivity contribution in [1.82, 2.24) is 14.8 Å². The number of aliphatic hydroxyl groups excluding tert-OH is 3. The number of hydrogen-bond acceptors (Lipinski definition) is 7. The van der Waals surface area contributed by atoms with Crippen LogP contribution in [-0.4, -0.2) is 67.4 Å². The standard InChI is InChI=1S/C16H29N5O4/c1-2-3-4-5-6-7-8-18-14(17)15-19-10-21(20-15)16-13(24)12(23)11(9-22)25-16/h10-13,16,22-24H,2-9H2,1H3,(H2,17,18)/t11-,12-,13-,16-/m1/s1. The molecule has 25 heavy (non-hydrogen) atoms. The van der Waals surface area contributed by atoms with Crippen LogP contribution < -0.4 is 5.73 Å². The molecule has 9 nitrogen and oxygen atoms in total. The van der Waals surface area contributed by atoms with E-state index in [-0.39, 0.29) is 11.7 Å². The van der Waals surface area contributed by atoms with E-state index in [0.717, 1.165) is 12.8 Å². The lowest BCUT2D eigenvalue weighted by atomic mass is 10.1. The van der Waals surface area contributed by atoms with Crippen molar-refractivity contribution in [3.8, 4) is 0 Å². The number of aliphatic hydroxyl groups is 3. The Kier molecular flexibility index (Phi) is 7.76. The number of aliphatic imine (C=N–C) groups is 1. The third-order valence-corrected chi connectivity index (χ3v) is 4.31. The molecule has 1 aromatic rings. The van der Waals surface area contributed by atoms with Gasteiger partial charge in [-0.3, -0.25) is 4.99 Å². The molecule has 0 bridgehead atoms. The van der Waals surface area contributed by atoms with E-state index < -0.39 is 31.1 Å². The Balaban J connectivity index is 1.84. The maximum Gasteiger partial charge on any atom is 0.216 e. The number of hydrogen-bond donors (Lipinski definition) is 4. The van der Waals surface area contributed by atoms with Gasteiger partial charge in [-0.15, -0.1) is 5.10 Å². The minimum atomic E-state index is -1.20. The van der Waals surface area contributed by atoms with Crippen molar-refractivity contribution in [1.29, 1.82) is 0 Å². The number of amidine groups is 1. The van der Waals surface area contributed by atoms with Gasteiger partial charge in [0.05, 0.1) is 6.61 Å². The molecule has 0 unspecified atom stereocenters. The van der Waals surface area contributed by atoms with E-state index in [1.54, 1.807) is 0 Å². The van der Waals surface area contributed by atoms with Crippen LogP contribution in [0.15, 0.2) is 11.3 Å². The Morgan fingerprint density at radius 3 is 2.64 bits per heavy atom. The largest absolute Gasteiger partial charge is 0.394 e. The van der Waals surface area contributed by atoms with Crippen molar-refractivity contribution in [2.24, 2.45) is 10.7 Å². The highest BCUT2D eigenvalue weighted by Crippen LogP contribution is 2.28. The molecule has 1 aliphatic heterocycles. The highest BCUT2D eigenvalue weighted by molar-refractivity contribution is 5.93. The second-order valence-corrected chi connectivity index (χ2v) is 6.31. The van der Waals surface area contributed by atoms with E-state index in [1.165, 1.54) is 36.7 Å². The number of aromatic nitrogens is 3. The maximum absolute atomic E-state index is 9.99. The highest BCUT2D eigenvalue weighted by atomic mass is 16.6. The molecule has 1 aliphatic rings. The van der Waals surface area contributed by atoms with Crippen molar-refractivity contribution >= 4 is 5.84 Å². The zero-order valence-electron chi connectivity index (χ0n) is 14.7. The summed E-state index contributed by atoms with van der Waals surface area (Å²) in [4.78, 5) is 8.35. The first-order chi connectivity index (χ1) is 12.1. The molecule has 2 heterocycles. The van der Waals surface area contributed by atoms with E-state index in [4.69, 9.17) is 15.6 Å². The van der Waals surface area contributed by atoms with Crippen LogP contribution in [0.4, 0.5) is 0 Å². The monoisotopic (exact) mass is 355 g/mol. The number of rotatable bonds is 10. The smallest absolute Gasteiger partial charge is 0.216 e. The normalized spacial score (nSPS) is 27.1. The third kappa shape index (κ3) is 5.21. The van der Waals surface area contributed by atoms with Crippen molar-refractivity contribution in [2.45, 2.75) is 70.0 Å². The molecule has 1 saturated heterocycles.